The van der Waals surface area contributed by atoms with Crippen molar-refractivity contribution in [2.75, 3.05) is 25.3 Å². The van der Waals surface area contributed by atoms with E-state index in [-0.39, 0.29) is 12.5 Å². The van der Waals surface area contributed by atoms with Crippen LogP contribution in [0.4, 0.5) is 5.69 Å². The Morgan fingerprint density at radius 3 is 2.68 bits per heavy atom. The van der Waals surface area contributed by atoms with Crippen LogP contribution in [0.15, 0.2) is 47.4 Å². The normalized spacial score (nSPS) is 10.1. The Hall–Kier alpha value is -2.14. The lowest BCUT2D eigenvalue weighted by Gasteiger charge is -2.12. The minimum Gasteiger partial charge on any atom is -0.493 e. The number of amides is 1. The van der Waals surface area contributed by atoms with Crippen LogP contribution in [0, 0.1) is 6.92 Å². The molecule has 1 N–H and O–H groups in total. The quantitative estimate of drug-likeness (QED) is 0.825. The molecular weight excluding hydrogens is 298 g/mol. The van der Waals surface area contributed by atoms with Crippen molar-refractivity contribution in [2.45, 2.75) is 11.8 Å². The van der Waals surface area contributed by atoms with Gasteiger partial charge in [-0.15, -0.1) is 11.8 Å². The maximum atomic E-state index is 12.0. The minimum absolute atomic E-state index is 0.0673. The second-order valence-electron chi connectivity index (χ2n) is 4.69. The molecule has 5 heteroatoms. The zero-order valence-electron chi connectivity index (χ0n) is 12.9. The van der Waals surface area contributed by atoms with Crippen molar-refractivity contribution in [3.63, 3.8) is 0 Å². The van der Waals surface area contributed by atoms with Gasteiger partial charge in [0.2, 0.25) is 0 Å². The number of benzene rings is 2. The molecule has 0 fully saturated rings. The first-order chi connectivity index (χ1) is 10.6. The molecule has 0 saturated heterocycles. The summed E-state index contributed by atoms with van der Waals surface area (Å²) in [5, 5.41) is 2.85. The van der Waals surface area contributed by atoms with Gasteiger partial charge in [0, 0.05) is 4.90 Å². The summed E-state index contributed by atoms with van der Waals surface area (Å²) in [4.78, 5) is 13.1. The topological polar surface area (TPSA) is 47.6 Å². The van der Waals surface area contributed by atoms with Crippen molar-refractivity contribution in [1.29, 1.82) is 0 Å². The molecule has 0 saturated carbocycles. The van der Waals surface area contributed by atoms with Gasteiger partial charge in [-0.05, 0) is 43.0 Å². The first-order valence-corrected chi connectivity index (χ1v) is 8.07. The van der Waals surface area contributed by atoms with Crippen molar-refractivity contribution in [1.82, 2.24) is 0 Å². The molecule has 0 aliphatic rings. The van der Waals surface area contributed by atoms with Gasteiger partial charge in [0.05, 0.1) is 12.8 Å². The molecule has 0 unspecified atom stereocenters. The smallest absolute Gasteiger partial charge is 0.262 e. The summed E-state index contributed by atoms with van der Waals surface area (Å²) in [5.74, 6) is 0.975. The average Bonchev–Trinajstić information content (AvgIpc) is 2.54. The lowest BCUT2D eigenvalue weighted by atomic mass is 10.2. The molecule has 0 bridgehead atoms. The molecule has 0 atom stereocenters. The highest BCUT2D eigenvalue weighted by atomic mass is 32.2. The molecule has 0 aromatic heterocycles. The second kappa shape index (κ2) is 7.75. The SMILES string of the molecule is COc1cc(C)ccc1OCC(=O)Nc1ccccc1SC. The van der Waals surface area contributed by atoms with Crippen LogP contribution in [0.3, 0.4) is 0 Å². The maximum Gasteiger partial charge on any atom is 0.262 e. The summed E-state index contributed by atoms with van der Waals surface area (Å²) in [7, 11) is 1.58. The van der Waals surface area contributed by atoms with E-state index < -0.39 is 0 Å². The molecule has 22 heavy (non-hydrogen) atoms. The number of hydrogen-bond donors (Lipinski definition) is 1. The fourth-order valence-electron chi connectivity index (χ4n) is 1.97. The third-order valence-corrected chi connectivity index (χ3v) is 3.85. The van der Waals surface area contributed by atoms with E-state index in [1.165, 1.54) is 0 Å². The first-order valence-electron chi connectivity index (χ1n) is 6.84. The van der Waals surface area contributed by atoms with Crippen molar-refractivity contribution < 1.29 is 14.3 Å². The van der Waals surface area contributed by atoms with Gasteiger partial charge in [-0.1, -0.05) is 18.2 Å². The fraction of sp³-hybridized carbons (Fsp3) is 0.235. The first kappa shape index (κ1) is 16.2. The van der Waals surface area contributed by atoms with Crippen molar-refractivity contribution in [3.05, 3.63) is 48.0 Å². The molecular formula is C17H19NO3S. The van der Waals surface area contributed by atoms with E-state index in [9.17, 15) is 4.79 Å². The van der Waals surface area contributed by atoms with Crippen LogP contribution >= 0.6 is 11.8 Å². The van der Waals surface area contributed by atoms with E-state index in [1.54, 1.807) is 24.9 Å². The fourth-order valence-corrected chi connectivity index (χ4v) is 2.53. The van der Waals surface area contributed by atoms with Crippen LogP contribution in [0.5, 0.6) is 11.5 Å². The summed E-state index contributed by atoms with van der Waals surface area (Å²) in [6.45, 7) is 1.90. The Morgan fingerprint density at radius 2 is 1.95 bits per heavy atom. The molecule has 0 aliphatic heterocycles. The Bertz CT molecular complexity index is 658. The van der Waals surface area contributed by atoms with Crippen molar-refractivity contribution in [2.24, 2.45) is 0 Å². The van der Waals surface area contributed by atoms with Crippen LogP contribution in [0.2, 0.25) is 0 Å². The summed E-state index contributed by atoms with van der Waals surface area (Å²) in [6.07, 6.45) is 1.97. The number of ether oxygens (including phenoxy) is 2. The van der Waals surface area contributed by atoms with Crippen LogP contribution in [-0.4, -0.2) is 25.9 Å². The van der Waals surface area contributed by atoms with Crippen molar-refractivity contribution >= 4 is 23.4 Å². The average molecular weight is 317 g/mol. The number of anilines is 1. The Labute approximate surface area is 134 Å². The predicted octanol–water partition coefficient (Wildman–Crippen LogP) is 3.74. The zero-order valence-corrected chi connectivity index (χ0v) is 13.7. The minimum atomic E-state index is -0.205. The summed E-state index contributed by atoms with van der Waals surface area (Å²) in [5.41, 5.74) is 1.86. The van der Waals surface area contributed by atoms with E-state index in [0.29, 0.717) is 11.5 Å². The number of aryl methyl sites for hydroxylation is 1. The van der Waals surface area contributed by atoms with Crippen LogP contribution in [0.1, 0.15) is 5.56 Å². The molecule has 4 nitrogen and oxygen atoms in total. The number of nitrogens with one attached hydrogen (secondary N) is 1. The third kappa shape index (κ3) is 4.18. The number of carbonyl (C=O) groups is 1. The molecule has 0 radical (unpaired) electrons. The van der Waals surface area contributed by atoms with Crippen LogP contribution in [-0.2, 0) is 4.79 Å². The highest BCUT2D eigenvalue weighted by molar-refractivity contribution is 7.98. The van der Waals surface area contributed by atoms with Gasteiger partial charge in [-0.3, -0.25) is 4.79 Å². The van der Waals surface area contributed by atoms with E-state index >= 15 is 0 Å². The van der Waals surface area contributed by atoms with E-state index in [0.717, 1.165) is 16.1 Å². The standard InChI is InChI=1S/C17H19NO3S/c1-12-8-9-14(15(10-12)20-2)21-11-17(19)18-13-6-4-5-7-16(13)22-3/h4-10H,11H2,1-3H3,(H,18,19). The lowest BCUT2D eigenvalue weighted by molar-refractivity contribution is -0.118. The van der Waals surface area contributed by atoms with E-state index in [4.69, 9.17) is 9.47 Å². The molecule has 116 valence electrons. The van der Waals surface area contributed by atoms with Gasteiger partial charge in [0.15, 0.2) is 18.1 Å². The van der Waals surface area contributed by atoms with Gasteiger partial charge in [0.25, 0.3) is 5.91 Å². The van der Waals surface area contributed by atoms with Gasteiger partial charge < -0.3 is 14.8 Å². The third-order valence-electron chi connectivity index (χ3n) is 3.06. The summed E-state index contributed by atoms with van der Waals surface area (Å²) >= 11 is 1.58. The Balaban J connectivity index is 1.98. The molecule has 0 aliphatic carbocycles. The van der Waals surface area contributed by atoms with Gasteiger partial charge in [0.1, 0.15) is 0 Å². The number of hydrogen-bond acceptors (Lipinski definition) is 4. The van der Waals surface area contributed by atoms with Gasteiger partial charge in [-0.2, -0.15) is 0 Å². The predicted molar refractivity (Wildman–Crippen MR) is 90.1 cm³/mol. The molecule has 0 spiro atoms. The highest BCUT2D eigenvalue weighted by Crippen LogP contribution is 2.28. The lowest BCUT2D eigenvalue weighted by Crippen LogP contribution is -2.20. The largest absolute Gasteiger partial charge is 0.493 e. The Kier molecular flexibility index (Phi) is 5.72. The number of carbonyl (C=O) groups excluding carboxylic acids is 1. The van der Waals surface area contributed by atoms with Crippen molar-refractivity contribution in [3.8, 4) is 11.5 Å². The number of para-hydroxylation sites is 1. The number of thioether (sulfide) groups is 1. The Morgan fingerprint density at radius 1 is 1.18 bits per heavy atom. The summed E-state index contributed by atoms with van der Waals surface area (Å²) in [6, 6.07) is 13.3. The highest BCUT2D eigenvalue weighted by Gasteiger charge is 2.09. The molecule has 0 heterocycles. The van der Waals surface area contributed by atoms with Gasteiger partial charge in [-0.25, -0.2) is 0 Å². The van der Waals surface area contributed by atoms with Crippen LogP contribution in [0.25, 0.3) is 0 Å². The maximum absolute atomic E-state index is 12.0. The molecule has 2 rings (SSSR count). The van der Waals surface area contributed by atoms with E-state index in [1.807, 2.05) is 49.6 Å². The van der Waals surface area contributed by atoms with E-state index in [2.05, 4.69) is 5.32 Å². The second-order valence-corrected chi connectivity index (χ2v) is 5.54. The number of rotatable bonds is 6. The molecule has 2 aromatic rings. The monoisotopic (exact) mass is 317 g/mol. The zero-order chi connectivity index (χ0) is 15.9. The summed E-state index contributed by atoms with van der Waals surface area (Å²) < 4.78 is 10.8. The van der Waals surface area contributed by atoms with Gasteiger partial charge >= 0.3 is 0 Å². The molecule has 1 amide bonds. The molecule has 2 aromatic carbocycles. The van der Waals surface area contributed by atoms with Crippen LogP contribution < -0.4 is 14.8 Å². The number of methoxy groups -OCH3 is 1.